The third-order valence-corrected chi connectivity index (χ3v) is 3.64. The van der Waals surface area contributed by atoms with Crippen LogP contribution < -0.4 is 4.74 Å². The van der Waals surface area contributed by atoms with Crippen LogP contribution in [0, 0.1) is 0 Å². The van der Waals surface area contributed by atoms with Crippen LogP contribution in [0.1, 0.15) is 20.8 Å². The fourth-order valence-corrected chi connectivity index (χ4v) is 2.36. The molecule has 2 amide bonds. The van der Waals surface area contributed by atoms with Crippen molar-refractivity contribution in [3.63, 3.8) is 0 Å². The monoisotopic (exact) mass is 361 g/mol. The predicted molar refractivity (Wildman–Crippen MR) is 95.1 cm³/mol. The van der Waals surface area contributed by atoms with Gasteiger partial charge in [0.2, 0.25) is 0 Å². The lowest BCUT2D eigenvalue weighted by Gasteiger charge is -2.35. The van der Waals surface area contributed by atoms with Crippen molar-refractivity contribution in [2.24, 2.45) is 5.11 Å². The zero-order valence-corrected chi connectivity index (χ0v) is 15.2. The highest BCUT2D eigenvalue weighted by Crippen LogP contribution is 2.18. The van der Waals surface area contributed by atoms with Gasteiger partial charge in [-0.05, 0) is 50.6 Å². The second-order valence-corrected chi connectivity index (χ2v) is 6.82. The molecule has 0 N–H and O–H groups in total. The first kappa shape index (κ1) is 19.4. The number of carbonyl (C=O) groups excluding carboxylic acids is 2. The fraction of sp³-hybridized carbons (Fsp3) is 0.529. The zero-order chi connectivity index (χ0) is 19.2. The van der Waals surface area contributed by atoms with Crippen LogP contribution in [0.2, 0.25) is 0 Å². The molecule has 1 saturated heterocycles. The molecule has 1 heterocycles. The number of rotatable bonds is 4. The van der Waals surface area contributed by atoms with Gasteiger partial charge < -0.3 is 19.3 Å². The molecule has 1 aliphatic rings. The van der Waals surface area contributed by atoms with Gasteiger partial charge in [-0.1, -0.05) is 5.11 Å². The number of amides is 2. The number of benzene rings is 1. The first-order chi connectivity index (χ1) is 12.3. The molecule has 0 atom stereocenters. The number of piperazine rings is 1. The molecule has 0 saturated carbocycles. The molecule has 26 heavy (non-hydrogen) atoms. The van der Waals surface area contributed by atoms with E-state index in [9.17, 15) is 9.59 Å². The molecule has 1 fully saturated rings. The normalized spacial score (nSPS) is 14.4. The van der Waals surface area contributed by atoms with Gasteiger partial charge in [0.25, 0.3) is 5.91 Å². The van der Waals surface area contributed by atoms with Crippen LogP contribution in [-0.2, 0) is 9.53 Å². The van der Waals surface area contributed by atoms with Crippen molar-refractivity contribution in [3.05, 3.63) is 34.7 Å². The first-order valence-electron chi connectivity index (χ1n) is 8.32. The minimum absolute atomic E-state index is 0.0900. The van der Waals surface area contributed by atoms with E-state index >= 15 is 0 Å². The smallest absolute Gasteiger partial charge is 0.410 e. The molecule has 0 aromatic heterocycles. The van der Waals surface area contributed by atoms with Crippen molar-refractivity contribution >= 4 is 17.7 Å². The Labute approximate surface area is 152 Å². The Bertz CT molecular complexity index is 684. The molecule has 1 aromatic carbocycles. The molecule has 0 aliphatic carbocycles. The molecule has 0 spiro atoms. The number of carbonyl (C=O) groups is 2. The van der Waals surface area contributed by atoms with Crippen molar-refractivity contribution in [2.75, 3.05) is 32.8 Å². The van der Waals surface area contributed by atoms with Crippen LogP contribution >= 0.6 is 0 Å². The second-order valence-electron chi connectivity index (χ2n) is 6.82. The summed E-state index contributed by atoms with van der Waals surface area (Å²) in [4.78, 5) is 30.2. The minimum Gasteiger partial charge on any atom is -0.484 e. The van der Waals surface area contributed by atoms with Crippen LogP contribution in [0.15, 0.2) is 29.4 Å². The summed E-state index contributed by atoms with van der Waals surface area (Å²) in [5.41, 5.74) is 8.30. The predicted octanol–water partition coefficient (Wildman–Crippen LogP) is 3.09. The number of nitrogens with zero attached hydrogens (tertiary/aromatic N) is 5. The number of hydrogen-bond donors (Lipinski definition) is 0. The van der Waals surface area contributed by atoms with Crippen molar-refractivity contribution < 1.29 is 19.1 Å². The van der Waals surface area contributed by atoms with Gasteiger partial charge in [-0.15, -0.1) is 0 Å². The number of azide groups is 1. The third kappa shape index (κ3) is 5.86. The van der Waals surface area contributed by atoms with Crippen molar-refractivity contribution in [1.82, 2.24) is 9.80 Å². The van der Waals surface area contributed by atoms with E-state index in [1.165, 1.54) is 0 Å². The van der Waals surface area contributed by atoms with Gasteiger partial charge in [0, 0.05) is 36.8 Å². The van der Waals surface area contributed by atoms with Crippen molar-refractivity contribution in [3.8, 4) is 5.75 Å². The highest BCUT2D eigenvalue weighted by atomic mass is 16.6. The maximum atomic E-state index is 12.2. The van der Waals surface area contributed by atoms with E-state index < -0.39 is 5.60 Å². The van der Waals surface area contributed by atoms with Crippen molar-refractivity contribution in [1.29, 1.82) is 0 Å². The second kappa shape index (κ2) is 8.44. The summed E-state index contributed by atoms with van der Waals surface area (Å²) in [5, 5.41) is 3.47. The van der Waals surface area contributed by atoms with Gasteiger partial charge in [-0.2, -0.15) is 0 Å². The van der Waals surface area contributed by atoms with Gasteiger partial charge >= 0.3 is 6.09 Å². The lowest BCUT2D eigenvalue weighted by atomic mass is 10.2. The maximum Gasteiger partial charge on any atom is 0.410 e. The molecule has 0 bridgehead atoms. The third-order valence-electron chi connectivity index (χ3n) is 3.64. The van der Waals surface area contributed by atoms with Gasteiger partial charge in [0.05, 0.1) is 0 Å². The summed E-state index contributed by atoms with van der Waals surface area (Å²) in [7, 11) is 0. The summed E-state index contributed by atoms with van der Waals surface area (Å²) in [5.74, 6) is 0.371. The molecule has 1 aromatic rings. The highest BCUT2D eigenvalue weighted by Gasteiger charge is 2.27. The van der Waals surface area contributed by atoms with Crippen LogP contribution in [0.25, 0.3) is 10.4 Å². The van der Waals surface area contributed by atoms with Gasteiger partial charge in [0.1, 0.15) is 11.4 Å². The van der Waals surface area contributed by atoms with Crippen LogP contribution in [0.3, 0.4) is 0 Å². The van der Waals surface area contributed by atoms with E-state index in [1.54, 1.807) is 34.1 Å². The molecular formula is C17H23N5O4. The summed E-state index contributed by atoms with van der Waals surface area (Å²) in [6.45, 7) is 7.12. The Kier molecular flexibility index (Phi) is 6.30. The van der Waals surface area contributed by atoms with Crippen LogP contribution in [0.5, 0.6) is 5.75 Å². The van der Waals surface area contributed by atoms with Crippen LogP contribution in [0.4, 0.5) is 10.5 Å². The summed E-state index contributed by atoms with van der Waals surface area (Å²) in [6, 6.07) is 6.49. The minimum atomic E-state index is -0.536. The number of ether oxygens (including phenoxy) is 2. The van der Waals surface area contributed by atoms with E-state index in [2.05, 4.69) is 10.0 Å². The Morgan fingerprint density at radius 3 is 2.23 bits per heavy atom. The van der Waals surface area contributed by atoms with Gasteiger partial charge in [0.15, 0.2) is 6.61 Å². The van der Waals surface area contributed by atoms with Crippen molar-refractivity contribution in [2.45, 2.75) is 26.4 Å². The first-order valence-corrected chi connectivity index (χ1v) is 8.32. The SMILES string of the molecule is CC(C)(C)OC(=O)N1CCN(C(=O)COc2ccc(N=[N+]=[N-])cc2)CC1. The summed E-state index contributed by atoms with van der Waals surface area (Å²) >= 11 is 0. The van der Waals surface area contributed by atoms with E-state index in [0.29, 0.717) is 37.6 Å². The van der Waals surface area contributed by atoms with Gasteiger partial charge in [-0.3, -0.25) is 4.79 Å². The molecular weight excluding hydrogens is 338 g/mol. The molecule has 2 rings (SSSR count). The van der Waals surface area contributed by atoms with Crippen LogP contribution in [-0.4, -0.2) is 60.2 Å². The Balaban J connectivity index is 1.77. The lowest BCUT2D eigenvalue weighted by molar-refractivity contribution is -0.135. The Morgan fingerprint density at radius 1 is 1.12 bits per heavy atom. The molecule has 0 radical (unpaired) electrons. The molecule has 9 nitrogen and oxygen atoms in total. The quantitative estimate of drug-likeness (QED) is 0.466. The Hall–Kier alpha value is -2.93. The average molecular weight is 361 g/mol. The number of hydrogen-bond acceptors (Lipinski definition) is 5. The van der Waals surface area contributed by atoms with Gasteiger partial charge in [-0.25, -0.2) is 4.79 Å². The average Bonchev–Trinajstić information content (AvgIpc) is 2.60. The van der Waals surface area contributed by atoms with E-state index in [1.807, 2.05) is 20.8 Å². The molecule has 0 unspecified atom stereocenters. The summed E-state index contributed by atoms with van der Waals surface area (Å²) < 4.78 is 10.8. The zero-order valence-electron chi connectivity index (χ0n) is 15.2. The molecule has 140 valence electrons. The topological polar surface area (TPSA) is 108 Å². The van der Waals surface area contributed by atoms with E-state index in [-0.39, 0.29) is 18.6 Å². The summed E-state index contributed by atoms with van der Waals surface area (Å²) in [6.07, 6.45) is -0.360. The molecule has 1 aliphatic heterocycles. The largest absolute Gasteiger partial charge is 0.484 e. The standard InChI is InChI=1S/C17H23N5O4/c1-17(2,3)26-16(24)22-10-8-21(9-11-22)15(23)12-25-14-6-4-13(5-7-14)19-20-18/h4-7H,8-12H2,1-3H3. The Morgan fingerprint density at radius 2 is 1.69 bits per heavy atom. The lowest BCUT2D eigenvalue weighted by Crippen LogP contribution is -2.52. The molecule has 9 heteroatoms. The highest BCUT2D eigenvalue weighted by molar-refractivity contribution is 5.78. The maximum absolute atomic E-state index is 12.2. The van der Waals surface area contributed by atoms with E-state index in [0.717, 1.165) is 0 Å². The van der Waals surface area contributed by atoms with E-state index in [4.69, 9.17) is 15.0 Å². The fourth-order valence-electron chi connectivity index (χ4n) is 2.36.